The maximum atomic E-state index is 8.58. The van der Waals surface area contributed by atoms with E-state index in [4.69, 9.17) is 29.4 Å². The fraction of sp³-hybridized carbons (Fsp3) is 0.318. The summed E-state index contributed by atoms with van der Waals surface area (Å²) in [7, 11) is 0. The van der Waals surface area contributed by atoms with Gasteiger partial charge < -0.3 is 29.9 Å². The number of anilines is 1. The van der Waals surface area contributed by atoms with Gasteiger partial charge >= 0.3 is 0 Å². The fourth-order valence-corrected chi connectivity index (χ4v) is 3.82. The monoisotopic (exact) mass is 421 g/mol. The van der Waals surface area contributed by atoms with Gasteiger partial charge in [-0.25, -0.2) is 4.98 Å². The second kappa shape index (κ2) is 7.82. The molecule has 3 heterocycles. The van der Waals surface area contributed by atoms with E-state index in [1.165, 1.54) is 12.8 Å². The average molecular weight is 421 g/mol. The molecule has 1 amide bonds. The molecule has 2 aromatic heterocycles. The smallest absolute Gasteiger partial charge is 0.292 e. The van der Waals surface area contributed by atoms with E-state index < -0.39 is 0 Å². The largest absolute Gasteiger partial charge is 0.493 e. The number of nitrogen functional groups attached to an aromatic ring is 1. The first kappa shape index (κ1) is 19.2. The third-order valence-electron chi connectivity index (χ3n) is 5.41. The number of hydrogen-bond donors (Lipinski definition) is 2. The lowest BCUT2D eigenvalue weighted by atomic mass is 10.2. The van der Waals surface area contributed by atoms with Crippen molar-refractivity contribution < 1.29 is 18.7 Å². The molecule has 0 atom stereocenters. The summed E-state index contributed by atoms with van der Waals surface area (Å²) in [6, 6.07) is 10.0. The Balaban J connectivity index is 0.000000646. The van der Waals surface area contributed by atoms with Gasteiger partial charge in [-0.2, -0.15) is 4.98 Å². The predicted octanol–water partition coefficient (Wildman–Crippen LogP) is 3.10. The molecular formula is C22H23N5O4. The van der Waals surface area contributed by atoms with Crippen LogP contribution in [0.5, 0.6) is 11.5 Å². The molecule has 1 saturated carbocycles. The van der Waals surface area contributed by atoms with E-state index in [9.17, 15) is 0 Å². The van der Waals surface area contributed by atoms with Crippen LogP contribution in [-0.2, 0) is 11.3 Å². The summed E-state index contributed by atoms with van der Waals surface area (Å²) in [6.45, 7) is 2.30. The molecule has 0 saturated heterocycles. The number of primary amides is 1. The zero-order valence-corrected chi connectivity index (χ0v) is 16.9. The van der Waals surface area contributed by atoms with E-state index in [-0.39, 0.29) is 12.4 Å². The van der Waals surface area contributed by atoms with Crippen LogP contribution in [0.1, 0.15) is 19.3 Å². The lowest BCUT2D eigenvalue weighted by Gasteiger charge is -2.09. The zero-order valence-electron chi connectivity index (χ0n) is 16.9. The first-order chi connectivity index (χ1) is 15.2. The number of hydrogen-bond acceptors (Lipinski definition) is 7. The minimum absolute atomic E-state index is 0.173. The highest BCUT2D eigenvalue weighted by Gasteiger charge is 2.24. The van der Waals surface area contributed by atoms with Gasteiger partial charge in [-0.15, -0.1) is 0 Å². The summed E-state index contributed by atoms with van der Waals surface area (Å²) in [6.07, 6.45) is 3.70. The van der Waals surface area contributed by atoms with Crippen LogP contribution in [0, 0.1) is 5.92 Å². The molecule has 0 spiro atoms. The maximum Gasteiger partial charge on any atom is 0.292 e. The summed E-state index contributed by atoms with van der Waals surface area (Å²) >= 11 is 0. The van der Waals surface area contributed by atoms with Gasteiger partial charge in [0, 0.05) is 24.2 Å². The van der Waals surface area contributed by atoms with E-state index in [2.05, 4.69) is 15.3 Å². The number of rotatable bonds is 4. The Hall–Kier alpha value is -3.75. The Morgan fingerprint density at radius 1 is 1.19 bits per heavy atom. The summed E-state index contributed by atoms with van der Waals surface area (Å²) < 4.78 is 19.6. The second-order valence-electron chi connectivity index (χ2n) is 7.70. The van der Waals surface area contributed by atoms with Crippen LogP contribution >= 0.6 is 0 Å². The van der Waals surface area contributed by atoms with Gasteiger partial charge in [-0.1, -0.05) is 0 Å². The molecular weight excluding hydrogens is 398 g/mol. The molecule has 9 heteroatoms. The number of carbonyl (C=O) groups excluding carboxylic acids is 1. The summed E-state index contributed by atoms with van der Waals surface area (Å²) in [5.74, 6) is 3.26. The van der Waals surface area contributed by atoms with E-state index in [0.717, 1.165) is 59.0 Å². The lowest BCUT2D eigenvalue weighted by molar-refractivity contribution is -0.106. The SMILES string of the molecule is NC=O.Nc1nc2cc(-c3nc4cc(OCC5CC5)cc5c4n3CCCO5)ccc2o1. The van der Waals surface area contributed by atoms with Crippen LogP contribution in [0.2, 0.25) is 0 Å². The molecule has 1 aliphatic carbocycles. The number of ether oxygens (including phenoxy) is 2. The topological polar surface area (TPSA) is 131 Å². The van der Waals surface area contributed by atoms with Gasteiger partial charge in [-0.3, -0.25) is 4.79 Å². The normalized spacial score (nSPS) is 15.1. The van der Waals surface area contributed by atoms with E-state index in [0.29, 0.717) is 18.1 Å². The Labute approximate surface area is 177 Å². The lowest BCUT2D eigenvalue weighted by Crippen LogP contribution is -2.01. The van der Waals surface area contributed by atoms with Gasteiger partial charge in [0.25, 0.3) is 6.01 Å². The Morgan fingerprint density at radius 2 is 2.03 bits per heavy atom. The fourth-order valence-electron chi connectivity index (χ4n) is 3.82. The first-order valence-electron chi connectivity index (χ1n) is 10.3. The summed E-state index contributed by atoms with van der Waals surface area (Å²) in [4.78, 5) is 17.8. The second-order valence-corrected chi connectivity index (χ2v) is 7.70. The molecule has 2 aromatic carbocycles. The van der Waals surface area contributed by atoms with E-state index >= 15 is 0 Å². The molecule has 0 bridgehead atoms. The number of nitrogens with two attached hydrogens (primary N) is 2. The highest BCUT2D eigenvalue weighted by Crippen LogP contribution is 2.38. The molecule has 160 valence electrons. The van der Waals surface area contributed by atoms with Crippen LogP contribution in [0.25, 0.3) is 33.5 Å². The zero-order chi connectivity index (χ0) is 21.4. The molecule has 1 fully saturated rings. The quantitative estimate of drug-likeness (QED) is 0.484. The highest BCUT2D eigenvalue weighted by molar-refractivity contribution is 5.89. The van der Waals surface area contributed by atoms with E-state index in [1.54, 1.807) is 0 Å². The molecule has 0 radical (unpaired) electrons. The Morgan fingerprint density at radius 3 is 2.84 bits per heavy atom. The Kier molecular flexibility index (Phi) is 4.85. The molecule has 31 heavy (non-hydrogen) atoms. The van der Waals surface area contributed by atoms with Gasteiger partial charge in [0.05, 0.1) is 18.7 Å². The van der Waals surface area contributed by atoms with Crippen LogP contribution in [-0.4, -0.2) is 34.2 Å². The highest BCUT2D eigenvalue weighted by atomic mass is 16.5. The minimum Gasteiger partial charge on any atom is -0.493 e. The third-order valence-corrected chi connectivity index (χ3v) is 5.41. The van der Waals surface area contributed by atoms with Crippen molar-refractivity contribution in [2.75, 3.05) is 18.9 Å². The van der Waals surface area contributed by atoms with Crippen LogP contribution in [0.4, 0.5) is 6.01 Å². The molecule has 4 N–H and O–H groups in total. The van der Waals surface area contributed by atoms with Crippen LogP contribution < -0.4 is 20.9 Å². The molecule has 0 unspecified atom stereocenters. The molecule has 1 aliphatic heterocycles. The first-order valence-corrected chi connectivity index (χ1v) is 10.3. The number of aryl methyl sites for hydroxylation is 1. The van der Waals surface area contributed by atoms with Crippen molar-refractivity contribution in [3.63, 3.8) is 0 Å². The predicted molar refractivity (Wildman–Crippen MR) is 116 cm³/mol. The molecule has 6 rings (SSSR count). The number of nitrogens with zero attached hydrogens (tertiary/aromatic N) is 3. The number of fused-ring (bicyclic) bond motifs is 1. The van der Waals surface area contributed by atoms with Crippen molar-refractivity contribution in [1.82, 2.24) is 14.5 Å². The maximum absolute atomic E-state index is 8.58. The van der Waals surface area contributed by atoms with Crippen LogP contribution in [0.3, 0.4) is 0 Å². The van der Waals surface area contributed by atoms with Crippen molar-refractivity contribution in [2.24, 2.45) is 11.7 Å². The third kappa shape index (κ3) is 3.74. The van der Waals surface area contributed by atoms with Crippen molar-refractivity contribution in [1.29, 1.82) is 0 Å². The molecule has 2 aliphatic rings. The van der Waals surface area contributed by atoms with Gasteiger partial charge in [-0.05, 0) is 43.4 Å². The Bertz CT molecular complexity index is 1260. The van der Waals surface area contributed by atoms with Crippen LogP contribution in [0.15, 0.2) is 34.7 Å². The number of benzene rings is 2. The number of aromatic nitrogens is 3. The number of imidazole rings is 1. The number of oxazole rings is 1. The number of amides is 1. The molecule has 4 aromatic rings. The summed E-state index contributed by atoms with van der Waals surface area (Å²) in [5.41, 5.74) is 14.1. The number of carbonyl (C=O) groups is 1. The summed E-state index contributed by atoms with van der Waals surface area (Å²) in [5, 5.41) is 0. The van der Waals surface area contributed by atoms with Crippen molar-refractivity contribution >= 4 is 34.6 Å². The van der Waals surface area contributed by atoms with E-state index in [1.807, 2.05) is 30.3 Å². The minimum atomic E-state index is 0.173. The average Bonchev–Trinajstić information content (AvgIpc) is 3.45. The van der Waals surface area contributed by atoms with Gasteiger partial charge in [0.1, 0.15) is 28.4 Å². The van der Waals surface area contributed by atoms with Crippen molar-refractivity contribution in [2.45, 2.75) is 25.8 Å². The standard InChI is InChI=1S/C21H20N4O3.CH3NO/c22-21-24-15-8-13(4-5-17(15)28-21)20-23-16-9-14(27-11-12-2-3-12)10-18-19(16)25(20)6-1-7-26-18;2-1-3/h4-5,8-10,12H,1-3,6-7,11H2,(H2,22,24);1H,(H2,2,3). The molecule has 9 nitrogen and oxygen atoms in total. The van der Waals surface area contributed by atoms with Crippen molar-refractivity contribution in [3.8, 4) is 22.9 Å². The van der Waals surface area contributed by atoms with Gasteiger partial charge in [0.15, 0.2) is 5.58 Å². The van der Waals surface area contributed by atoms with Crippen molar-refractivity contribution in [3.05, 3.63) is 30.3 Å². The van der Waals surface area contributed by atoms with Gasteiger partial charge in [0.2, 0.25) is 6.41 Å².